The molecule has 0 aliphatic heterocycles. The summed E-state index contributed by atoms with van der Waals surface area (Å²) < 4.78 is 0. The summed E-state index contributed by atoms with van der Waals surface area (Å²) in [5.74, 6) is 0.378. The summed E-state index contributed by atoms with van der Waals surface area (Å²) in [6.07, 6.45) is 1.68. The summed E-state index contributed by atoms with van der Waals surface area (Å²) in [4.78, 5) is 4.23. The fraction of sp³-hybridized carbons (Fsp3) is 0.308. The third-order valence-corrected chi connectivity index (χ3v) is 2.30. The normalized spacial score (nSPS) is 13.8. The molecule has 0 atom stereocenters. The van der Waals surface area contributed by atoms with Gasteiger partial charge in [0.05, 0.1) is 5.69 Å². The lowest BCUT2D eigenvalue weighted by Gasteiger charge is -2.18. The molecule has 0 fully saturated rings. The van der Waals surface area contributed by atoms with Crippen LogP contribution in [0.5, 0.6) is 0 Å². The fourth-order valence-electron chi connectivity index (χ4n) is 1.15. The highest BCUT2D eigenvalue weighted by atomic mass is 14.9. The number of nitrogens with zero attached hydrogens (tertiary/aromatic N) is 1. The molecule has 0 saturated carbocycles. The molecular formula is C13H20N4. The summed E-state index contributed by atoms with van der Waals surface area (Å²) in [6, 6.07) is 7.23. The van der Waals surface area contributed by atoms with Crippen LogP contribution in [0.25, 0.3) is 0 Å². The molecule has 92 valence electrons. The Morgan fingerprint density at radius 3 is 2.41 bits per heavy atom. The highest BCUT2D eigenvalue weighted by molar-refractivity contribution is 5.94. The van der Waals surface area contributed by atoms with Gasteiger partial charge in [-0.1, -0.05) is 26.8 Å². The SMILES string of the molecule is CC(C)(C)C(N)=CC(N)=Nc1cccc(N)c1. The topological polar surface area (TPSA) is 90.4 Å². The number of aliphatic imine (C=N–C) groups is 1. The van der Waals surface area contributed by atoms with Gasteiger partial charge in [0.25, 0.3) is 0 Å². The minimum Gasteiger partial charge on any atom is -0.401 e. The van der Waals surface area contributed by atoms with E-state index in [9.17, 15) is 0 Å². The van der Waals surface area contributed by atoms with Crippen LogP contribution >= 0.6 is 0 Å². The number of nitrogen functional groups attached to an aromatic ring is 1. The molecule has 0 saturated heterocycles. The van der Waals surface area contributed by atoms with Gasteiger partial charge in [0.1, 0.15) is 5.84 Å². The van der Waals surface area contributed by atoms with E-state index in [0.717, 1.165) is 5.69 Å². The van der Waals surface area contributed by atoms with E-state index in [2.05, 4.69) is 4.99 Å². The fourth-order valence-corrected chi connectivity index (χ4v) is 1.15. The van der Waals surface area contributed by atoms with Crippen LogP contribution in [0.3, 0.4) is 0 Å². The van der Waals surface area contributed by atoms with Gasteiger partial charge in [-0.25, -0.2) is 4.99 Å². The molecule has 0 aliphatic carbocycles. The summed E-state index contributed by atoms with van der Waals surface area (Å²) >= 11 is 0. The zero-order valence-electron chi connectivity index (χ0n) is 10.6. The van der Waals surface area contributed by atoms with Crippen molar-refractivity contribution in [3.8, 4) is 0 Å². The third-order valence-electron chi connectivity index (χ3n) is 2.30. The van der Waals surface area contributed by atoms with Gasteiger partial charge >= 0.3 is 0 Å². The molecule has 6 N–H and O–H groups in total. The molecule has 1 aromatic rings. The van der Waals surface area contributed by atoms with Gasteiger partial charge in [0.2, 0.25) is 0 Å². The van der Waals surface area contributed by atoms with Crippen molar-refractivity contribution >= 4 is 17.2 Å². The number of amidine groups is 1. The van der Waals surface area contributed by atoms with E-state index >= 15 is 0 Å². The molecule has 17 heavy (non-hydrogen) atoms. The van der Waals surface area contributed by atoms with E-state index in [4.69, 9.17) is 17.2 Å². The van der Waals surface area contributed by atoms with Gasteiger partial charge in [-0.15, -0.1) is 0 Å². The second kappa shape index (κ2) is 4.91. The first-order valence-electron chi connectivity index (χ1n) is 5.46. The lowest BCUT2D eigenvalue weighted by Crippen LogP contribution is -2.20. The Morgan fingerprint density at radius 1 is 1.24 bits per heavy atom. The van der Waals surface area contributed by atoms with Gasteiger partial charge < -0.3 is 17.2 Å². The highest BCUT2D eigenvalue weighted by Gasteiger charge is 2.13. The van der Waals surface area contributed by atoms with Crippen molar-refractivity contribution < 1.29 is 0 Å². The lowest BCUT2D eigenvalue weighted by atomic mass is 9.92. The predicted octanol–water partition coefficient (Wildman–Crippen LogP) is 2.15. The molecule has 0 aromatic heterocycles. The Balaban J connectivity index is 2.94. The minimum absolute atomic E-state index is 0.115. The van der Waals surface area contributed by atoms with Crippen molar-refractivity contribution in [2.45, 2.75) is 20.8 Å². The Bertz CT molecular complexity index is 453. The number of hydrogen-bond donors (Lipinski definition) is 3. The largest absolute Gasteiger partial charge is 0.401 e. The molecule has 0 unspecified atom stereocenters. The molecule has 4 heteroatoms. The smallest absolute Gasteiger partial charge is 0.125 e. The first-order chi connectivity index (χ1) is 7.79. The van der Waals surface area contributed by atoms with Crippen molar-refractivity contribution in [2.75, 3.05) is 5.73 Å². The summed E-state index contributed by atoms with van der Waals surface area (Å²) in [7, 11) is 0. The van der Waals surface area contributed by atoms with E-state index < -0.39 is 0 Å². The highest BCUT2D eigenvalue weighted by Crippen LogP contribution is 2.20. The monoisotopic (exact) mass is 232 g/mol. The van der Waals surface area contributed by atoms with E-state index in [1.807, 2.05) is 32.9 Å². The van der Waals surface area contributed by atoms with Crippen molar-refractivity contribution in [2.24, 2.45) is 21.9 Å². The minimum atomic E-state index is -0.115. The standard InChI is InChI=1S/C13H20N4/c1-13(2,3)11(15)8-12(16)17-10-6-4-5-9(14)7-10/h4-8H,14-15H2,1-3H3,(H2,16,17). The zero-order chi connectivity index (χ0) is 13.1. The van der Waals surface area contributed by atoms with Crippen LogP contribution in [0.4, 0.5) is 11.4 Å². The van der Waals surface area contributed by atoms with Crippen LogP contribution in [0.1, 0.15) is 20.8 Å². The van der Waals surface area contributed by atoms with Crippen LogP contribution in [-0.2, 0) is 0 Å². The average molecular weight is 232 g/mol. The molecule has 0 spiro atoms. The third kappa shape index (κ3) is 4.18. The molecule has 0 bridgehead atoms. The summed E-state index contributed by atoms with van der Waals surface area (Å²) in [5, 5.41) is 0. The first-order valence-corrected chi connectivity index (χ1v) is 5.46. The molecule has 0 aliphatic rings. The molecule has 4 nitrogen and oxygen atoms in total. The van der Waals surface area contributed by atoms with Crippen LogP contribution in [0.15, 0.2) is 41.0 Å². The van der Waals surface area contributed by atoms with E-state index in [0.29, 0.717) is 17.2 Å². The van der Waals surface area contributed by atoms with Crippen LogP contribution < -0.4 is 17.2 Å². The van der Waals surface area contributed by atoms with E-state index in [1.54, 1.807) is 18.2 Å². The molecule has 0 heterocycles. The Morgan fingerprint density at radius 2 is 1.88 bits per heavy atom. The number of allylic oxidation sites excluding steroid dienone is 1. The Labute approximate surface area is 102 Å². The van der Waals surface area contributed by atoms with Gasteiger partial charge in [0.15, 0.2) is 0 Å². The number of anilines is 1. The average Bonchev–Trinajstić information content (AvgIpc) is 2.15. The molecule has 1 rings (SSSR count). The summed E-state index contributed by atoms with van der Waals surface area (Å²) in [5.41, 5.74) is 19.3. The van der Waals surface area contributed by atoms with Crippen molar-refractivity contribution in [3.63, 3.8) is 0 Å². The van der Waals surface area contributed by atoms with Crippen molar-refractivity contribution in [3.05, 3.63) is 36.0 Å². The van der Waals surface area contributed by atoms with Gasteiger partial charge in [-0.3, -0.25) is 0 Å². The molecular weight excluding hydrogens is 212 g/mol. The van der Waals surface area contributed by atoms with E-state index in [-0.39, 0.29) is 5.41 Å². The Hall–Kier alpha value is -1.97. The second-order valence-corrected chi connectivity index (χ2v) is 4.98. The maximum atomic E-state index is 5.91. The van der Waals surface area contributed by atoms with Crippen molar-refractivity contribution in [1.82, 2.24) is 0 Å². The van der Waals surface area contributed by atoms with Crippen LogP contribution in [0.2, 0.25) is 0 Å². The van der Waals surface area contributed by atoms with Gasteiger partial charge in [-0.05, 0) is 24.3 Å². The number of nitrogens with two attached hydrogens (primary N) is 3. The second-order valence-electron chi connectivity index (χ2n) is 4.98. The zero-order valence-corrected chi connectivity index (χ0v) is 10.6. The van der Waals surface area contributed by atoms with Crippen LogP contribution in [0, 0.1) is 5.41 Å². The van der Waals surface area contributed by atoms with Gasteiger partial charge in [0, 0.05) is 16.8 Å². The molecule has 0 amide bonds. The summed E-state index contributed by atoms with van der Waals surface area (Å²) in [6.45, 7) is 6.06. The maximum Gasteiger partial charge on any atom is 0.125 e. The Kier molecular flexibility index (Phi) is 3.78. The van der Waals surface area contributed by atoms with E-state index in [1.165, 1.54) is 0 Å². The first kappa shape index (κ1) is 13.1. The molecule has 1 aromatic carbocycles. The molecule has 0 radical (unpaired) electrons. The number of hydrogen-bond acceptors (Lipinski definition) is 3. The maximum absolute atomic E-state index is 5.91. The van der Waals surface area contributed by atoms with Crippen LogP contribution in [-0.4, -0.2) is 5.84 Å². The van der Waals surface area contributed by atoms with Gasteiger partial charge in [-0.2, -0.15) is 0 Å². The number of rotatable bonds is 2. The van der Waals surface area contributed by atoms with Crippen molar-refractivity contribution in [1.29, 1.82) is 0 Å². The lowest BCUT2D eigenvalue weighted by molar-refractivity contribution is 0.498. The predicted molar refractivity (Wildman–Crippen MR) is 73.9 cm³/mol. The number of benzene rings is 1. The quantitative estimate of drug-likeness (QED) is 0.414.